The Kier molecular flexibility index (Phi) is 4.41. The fraction of sp³-hybridized carbons (Fsp3) is 0. The van der Waals surface area contributed by atoms with Gasteiger partial charge >= 0.3 is 0 Å². The Labute approximate surface area is 160 Å². The Morgan fingerprint density at radius 3 is 2.00 bits per heavy atom. The van der Waals surface area contributed by atoms with Gasteiger partial charge in [-0.15, -0.1) is 0 Å². The van der Waals surface area contributed by atoms with Crippen LogP contribution in [0.1, 0.15) is 0 Å². The third-order valence-electron chi connectivity index (χ3n) is 4.08. The van der Waals surface area contributed by atoms with Gasteiger partial charge in [-0.05, 0) is 42.0 Å². The molecule has 0 fully saturated rings. The fourth-order valence-electron chi connectivity index (χ4n) is 2.87. The number of nitrogens with zero attached hydrogens (tertiary/aromatic N) is 1. The molecule has 0 saturated heterocycles. The van der Waals surface area contributed by atoms with Gasteiger partial charge in [-0.25, -0.2) is 0 Å². The molecule has 0 saturated carbocycles. The number of aromatic nitrogens is 1. The van der Waals surface area contributed by atoms with E-state index in [-0.39, 0.29) is 5.75 Å². The summed E-state index contributed by atoms with van der Waals surface area (Å²) < 4.78 is 5.69. The molecule has 3 nitrogen and oxygen atoms in total. The highest BCUT2D eigenvalue weighted by Gasteiger charge is 2.23. The van der Waals surface area contributed by atoms with Crippen molar-refractivity contribution in [3.63, 3.8) is 0 Å². The lowest BCUT2D eigenvalue weighted by molar-refractivity contribution is 0.435. The molecule has 0 unspecified atom stereocenters. The molecular formula is C21H13Cl2NO2. The molecule has 1 aromatic heterocycles. The first-order valence-corrected chi connectivity index (χ1v) is 8.69. The topological polar surface area (TPSA) is 46.3 Å². The van der Waals surface area contributed by atoms with E-state index < -0.39 is 0 Å². The van der Waals surface area contributed by atoms with Crippen LogP contribution in [-0.4, -0.2) is 10.3 Å². The van der Waals surface area contributed by atoms with Crippen molar-refractivity contribution in [3.05, 3.63) is 82.8 Å². The third-order valence-corrected chi connectivity index (χ3v) is 4.71. The van der Waals surface area contributed by atoms with E-state index >= 15 is 0 Å². The number of phenolic OH excluding ortho intramolecular Hbond substituents is 1. The summed E-state index contributed by atoms with van der Waals surface area (Å²) >= 11 is 12.8. The minimum absolute atomic E-state index is 0.184. The summed E-state index contributed by atoms with van der Waals surface area (Å²) in [5.74, 6) is 0.770. The van der Waals surface area contributed by atoms with Gasteiger partial charge in [0.25, 0.3) is 0 Å². The van der Waals surface area contributed by atoms with Gasteiger partial charge in [0.05, 0.1) is 15.6 Å². The summed E-state index contributed by atoms with van der Waals surface area (Å²) in [6.07, 6.45) is 0. The molecule has 0 spiro atoms. The predicted molar refractivity (Wildman–Crippen MR) is 104 cm³/mol. The normalized spacial score (nSPS) is 10.8. The molecule has 0 amide bonds. The minimum Gasteiger partial charge on any atom is -0.508 e. The van der Waals surface area contributed by atoms with Crippen molar-refractivity contribution in [3.8, 4) is 39.5 Å². The van der Waals surface area contributed by atoms with Gasteiger partial charge in [0.1, 0.15) is 11.4 Å². The first-order chi connectivity index (χ1) is 12.6. The van der Waals surface area contributed by atoms with Crippen LogP contribution in [0.5, 0.6) is 5.75 Å². The van der Waals surface area contributed by atoms with Crippen molar-refractivity contribution in [2.45, 2.75) is 0 Å². The van der Waals surface area contributed by atoms with Crippen molar-refractivity contribution in [2.24, 2.45) is 0 Å². The number of hydrogen-bond acceptors (Lipinski definition) is 3. The second kappa shape index (κ2) is 6.87. The van der Waals surface area contributed by atoms with E-state index in [0.717, 1.165) is 16.7 Å². The molecular weight excluding hydrogens is 369 g/mol. The summed E-state index contributed by atoms with van der Waals surface area (Å²) in [5.41, 5.74) is 3.73. The van der Waals surface area contributed by atoms with Crippen LogP contribution in [0.2, 0.25) is 10.0 Å². The Balaban J connectivity index is 2.01. The largest absolute Gasteiger partial charge is 0.508 e. The third kappa shape index (κ3) is 2.96. The van der Waals surface area contributed by atoms with E-state index in [0.29, 0.717) is 27.1 Å². The van der Waals surface area contributed by atoms with E-state index in [1.807, 2.05) is 30.3 Å². The lowest BCUT2D eigenvalue weighted by Gasteiger charge is -2.08. The zero-order valence-corrected chi connectivity index (χ0v) is 15.0. The predicted octanol–water partition coefficient (Wildman–Crippen LogP) is 6.69. The first-order valence-electron chi connectivity index (χ1n) is 7.94. The van der Waals surface area contributed by atoms with Crippen LogP contribution in [0.15, 0.2) is 77.3 Å². The van der Waals surface area contributed by atoms with E-state index in [4.69, 9.17) is 27.7 Å². The van der Waals surface area contributed by atoms with Gasteiger partial charge < -0.3 is 9.63 Å². The van der Waals surface area contributed by atoms with Crippen molar-refractivity contribution in [1.29, 1.82) is 0 Å². The zero-order valence-electron chi connectivity index (χ0n) is 13.5. The monoisotopic (exact) mass is 381 g/mol. The van der Waals surface area contributed by atoms with Gasteiger partial charge in [-0.1, -0.05) is 64.8 Å². The highest BCUT2D eigenvalue weighted by molar-refractivity contribution is 6.39. The van der Waals surface area contributed by atoms with Crippen LogP contribution < -0.4 is 0 Å². The maximum Gasteiger partial charge on any atom is 0.175 e. The zero-order chi connectivity index (χ0) is 18.1. The van der Waals surface area contributed by atoms with Gasteiger partial charge in [-0.2, -0.15) is 0 Å². The quantitative estimate of drug-likeness (QED) is 0.429. The Morgan fingerprint density at radius 2 is 1.35 bits per heavy atom. The fourth-order valence-corrected chi connectivity index (χ4v) is 3.44. The summed E-state index contributed by atoms with van der Waals surface area (Å²) in [4.78, 5) is 0. The SMILES string of the molecule is Oc1ccc(-c2onc(-c3c(Cl)cccc3Cl)c2-c2ccccc2)cc1. The van der Waals surface area contributed by atoms with Gasteiger partial charge in [0.2, 0.25) is 0 Å². The number of halogens is 2. The number of phenols is 1. The van der Waals surface area contributed by atoms with Crippen LogP contribution in [-0.2, 0) is 0 Å². The molecule has 128 valence electrons. The van der Waals surface area contributed by atoms with Crippen LogP contribution in [0.25, 0.3) is 33.7 Å². The lowest BCUT2D eigenvalue weighted by atomic mass is 9.96. The molecule has 3 aromatic carbocycles. The molecule has 0 radical (unpaired) electrons. The summed E-state index contributed by atoms with van der Waals surface area (Å²) in [6, 6.07) is 21.9. The maximum atomic E-state index is 9.56. The highest BCUT2D eigenvalue weighted by Crippen LogP contribution is 2.44. The van der Waals surface area contributed by atoms with Crippen LogP contribution in [0, 0.1) is 0 Å². The van der Waals surface area contributed by atoms with Crippen LogP contribution in [0.3, 0.4) is 0 Å². The van der Waals surface area contributed by atoms with Gasteiger partial charge in [0, 0.05) is 11.1 Å². The second-order valence-corrected chi connectivity index (χ2v) is 6.56. The molecule has 26 heavy (non-hydrogen) atoms. The Hall–Kier alpha value is -2.75. The average molecular weight is 382 g/mol. The number of benzene rings is 3. The molecule has 1 heterocycles. The van der Waals surface area contributed by atoms with Crippen molar-refractivity contribution < 1.29 is 9.63 Å². The van der Waals surface area contributed by atoms with Gasteiger partial charge in [0.15, 0.2) is 5.76 Å². The summed E-state index contributed by atoms with van der Waals surface area (Å²) in [5, 5.41) is 14.8. The minimum atomic E-state index is 0.184. The van der Waals surface area contributed by atoms with E-state index in [1.54, 1.807) is 42.5 Å². The van der Waals surface area contributed by atoms with Crippen LogP contribution in [0.4, 0.5) is 0 Å². The molecule has 4 aromatic rings. The van der Waals surface area contributed by atoms with Crippen molar-refractivity contribution in [2.75, 3.05) is 0 Å². The Morgan fingerprint density at radius 1 is 0.692 bits per heavy atom. The molecule has 0 aliphatic rings. The molecule has 5 heteroatoms. The maximum absolute atomic E-state index is 9.56. The van der Waals surface area contributed by atoms with Crippen molar-refractivity contribution in [1.82, 2.24) is 5.16 Å². The van der Waals surface area contributed by atoms with E-state index in [1.165, 1.54) is 0 Å². The summed E-state index contributed by atoms with van der Waals surface area (Å²) in [7, 11) is 0. The molecule has 0 atom stereocenters. The molecule has 0 aliphatic carbocycles. The first kappa shape index (κ1) is 16.7. The molecule has 0 bridgehead atoms. The number of rotatable bonds is 3. The molecule has 0 aliphatic heterocycles. The average Bonchev–Trinajstić information content (AvgIpc) is 3.07. The molecule has 1 N–H and O–H groups in total. The smallest absolute Gasteiger partial charge is 0.175 e. The highest BCUT2D eigenvalue weighted by atomic mass is 35.5. The lowest BCUT2D eigenvalue weighted by Crippen LogP contribution is -1.87. The Bertz CT molecular complexity index is 1040. The summed E-state index contributed by atoms with van der Waals surface area (Å²) in [6.45, 7) is 0. The van der Waals surface area contributed by atoms with E-state index in [2.05, 4.69) is 5.16 Å². The second-order valence-electron chi connectivity index (χ2n) is 5.74. The van der Waals surface area contributed by atoms with E-state index in [9.17, 15) is 5.11 Å². The van der Waals surface area contributed by atoms with Crippen molar-refractivity contribution >= 4 is 23.2 Å². The molecule has 4 rings (SSSR count). The standard InChI is InChI=1S/C21H13Cl2NO2/c22-16-7-4-8-17(23)19(16)20-18(13-5-2-1-3-6-13)21(26-24-20)14-9-11-15(25)12-10-14/h1-12,25H. The number of aromatic hydroxyl groups is 1. The van der Waals surface area contributed by atoms with Crippen LogP contribution >= 0.6 is 23.2 Å². The van der Waals surface area contributed by atoms with Gasteiger partial charge in [-0.3, -0.25) is 0 Å². The number of hydrogen-bond donors (Lipinski definition) is 1.